The first-order chi connectivity index (χ1) is 9.06. The molecule has 3 N–H and O–H groups in total. The normalized spacial score (nSPS) is 29.6. The van der Waals surface area contributed by atoms with Gasteiger partial charge in [0.25, 0.3) is 5.91 Å². The maximum Gasteiger partial charge on any atom is 0.255 e. The highest BCUT2D eigenvalue weighted by Gasteiger charge is 2.43. The molecule has 2 aliphatic rings. The van der Waals surface area contributed by atoms with Crippen LogP contribution < -0.4 is 5.73 Å². The van der Waals surface area contributed by atoms with Crippen LogP contribution in [0.2, 0.25) is 0 Å². The Morgan fingerprint density at radius 3 is 2.89 bits per heavy atom. The Balaban J connectivity index is 1.80. The molecule has 19 heavy (non-hydrogen) atoms. The number of benzene rings is 1. The molecule has 0 aromatic heterocycles. The first-order valence-corrected chi connectivity index (χ1v) is 6.89. The summed E-state index contributed by atoms with van der Waals surface area (Å²) >= 11 is 0. The van der Waals surface area contributed by atoms with Gasteiger partial charge in [-0.15, -0.1) is 0 Å². The Kier molecular flexibility index (Phi) is 2.97. The van der Waals surface area contributed by atoms with E-state index in [1.807, 2.05) is 24.0 Å². The smallest absolute Gasteiger partial charge is 0.255 e. The molecule has 3 rings (SSSR count). The first kappa shape index (κ1) is 12.5. The zero-order valence-corrected chi connectivity index (χ0v) is 11.2. The third-order valence-corrected chi connectivity index (χ3v) is 4.55. The molecule has 1 aliphatic carbocycles. The molecule has 102 valence electrons. The number of hydrogen-bond donors (Lipinski definition) is 2. The molecule has 1 amide bonds. The SMILES string of the molecule is Cc1ccc(N)c(C(=O)N2CC3CCC(O)C3C2)c1. The molecule has 1 saturated carbocycles. The number of hydrogen-bond acceptors (Lipinski definition) is 3. The molecule has 4 heteroatoms. The van der Waals surface area contributed by atoms with Crippen molar-refractivity contribution >= 4 is 11.6 Å². The van der Waals surface area contributed by atoms with Crippen molar-refractivity contribution in [3.05, 3.63) is 29.3 Å². The van der Waals surface area contributed by atoms with E-state index in [1.54, 1.807) is 6.07 Å². The highest BCUT2D eigenvalue weighted by atomic mass is 16.3. The minimum atomic E-state index is -0.238. The highest BCUT2D eigenvalue weighted by molar-refractivity contribution is 5.99. The van der Waals surface area contributed by atoms with Gasteiger partial charge in [0.05, 0.1) is 11.7 Å². The molecular weight excluding hydrogens is 240 g/mol. The van der Waals surface area contributed by atoms with Gasteiger partial charge >= 0.3 is 0 Å². The summed E-state index contributed by atoms with van der Waals surface area (Å²) in [5.41, 5.74) is 8.07. The van der Waals surface area contributed by atoms with Gasteiger partial charge < -0.3 is 15.7 Å². The van der Waals surface area contributed by atoms with Gasteiger partial charge in [-0.05, 0) is 37.8 Å². The lowest BCUT2D eigenvalue weighted by Gasteiger charge is -2.19. The number of carbonyl (C=O) groups is 1. The molecule has 3 atom stereocenters. The van der Waals surface area contributed by atoms with E-state index >= 15 is 0 Å². The topological polar surface area (TPSA) is 66.6 Å². The zero-order chi connectivity index (χ0) is 13.6. The Bertz CT molecular complexity index is 515. The van der Waals surface area contributed by atoms with Gasteiger partial charge in [0.1, 0.15) is 0 Å². The van der Waals surface area contributed by atoms with Crippen LogP contribution in [0.1, 0.15) is 28.8 Å². The Hall–Kier alpha value is -1.55. The minimum absolute atomic E-state index is 0.00259. The van der Waals surface area contributed by atoms with Crippen molar-refractivity contribution in [3.8, 4) is 0 Å². The molecule has 1 aromatic rings. The summed E-state index contributed by atoms with van der Waals surface area (Å²) in [4.78, 5) is 14.4. The van der Waals surface area contributed by atoms with Gasteiger partial charge in [-0.2, -0.15) is 0 Å². The number of rotatable bonds is 1. The average molecular weight is 260 g/mol. The van der Waals surface area contributed by atoms with E-state index in [0.29, 0.717) is 23.7 Å². The summed E-state index contributed by atoms with van der Waals surface area (Å²) in [5, 5.41) is 9.91. The van der Waals surface area contributed by atoms with Crippen molar-refractivity contribution in [2.75, 3.05) is 18.8 Å². The van der Waals surface area contributed by atoms with Crippen molar-refractivity contribution < 1.29 is 9.90 Å². The van der Waals surface area contributed by atoms with Gasteiger partial charge in [0, 0.05) is 24.7 Å². The molecule has 1 saturated heterocycles. The predicted molar refractivity (Wildman–Crippen MR) is 73.7 cm³/mol. The number of nitrogens with zero attached hydrogens (tertiary/aromatic N) is 1. The van der Waals surface area contributed by atoms with Crippen molar-refractivity contribution in [2.45, 2.75) is 25.9 Å². The van der Waals surface area contributed by atoms with E-state index in [2.05, 4.69) is 0 Å². The predicted octanol–water partition coefficient (Wildman–Crippen LogP) is 1.42. The fourth-order valence-corrected chi connectivity index (χ4v) is 3.43. The minimum Gasteiger partial charge on any atom is -0.398 e. The second kappa shape index (κ2) is 4.53. The summed E-state index contributed by atoms with van der Waals surface area (Å²) in [6.45, 7) is 3.38. The van der Waals surface area contributed by atoms with Crippen molar-refractivity contribution in [2.24, 2.45) is 11.8 Å². The molecule has 1 aromatic carbocycles. The van der Waals surface area contributed by atoms with Gasteiger partial charge in [-0.3, -0.25) is 4.79 Å². The number of fused-ring (bicyclic) bond motifs is 1. The Labute approximate surface area is 113 Å². The lowest BCUT2D eigenvalue weighted by Crippen LogP contribution is -2.31. The van der Waals surface area contributed by atoms with Crippen LogP contribution in [0.25, 0.3) is 0 Å². The van der Waals surface area contributed by atoms with Gasteiger partial charge in [-0.25, -0.2) is 0 Å². The van der Waals surface area contributed by atoms with Crippen LogP contribution in [-0.4, -0.2) is 35.1 Å². The van der Waals surface area contributed by atoms with Crippen LogP contribution in [-0.2, 0) is 0 Å². The number of anilines is 1. The standard InChI is InChI=1S/C15H20N2O2/c1-9-2-4-13(16)11(6-9)15(19)17-7-10-3-5-14(18)12(10)8-17/h2,4,6,10,12,14,18H,3,5,7-8,16H2,1H3. The molecule has 0 spiro atoms. The number of aliphatic hydroxyl groups excluding tert-OH is 1. The van der Waals surface area contributed by atoms with Crippen LogP contribution >= 0.6 is 0 Å². The van der Waals surface area contributed by atoms with Crippen LogP contribution in [0.3, 0.4) is 0 Å². The van der Waals surface area contributed by atoms with Crippen LogP contribution in [0.4, 0.5) is 5.69 Å². The third-order valence-electron chi connectivity index (χ3n) is 4.55. The average Bonchev–Trinajstić information content (AvgIpc) is 2.94. The summed E-state index contributed by atoms with van der Waals surface area (Å²) in [6.07, 6.45) is 1.67. The molecule has 4 nitrogen and oxygen atoms in total. The molecule has 1 aliphatic heterocycles. The second-order valence-electron chi connectivity index (χ2n) is 5.87. The monoisotopic (exact) mass is 260 g/mol. The van der Waals surface area contributed by atoms with Gasteiger partial charge in [0.2, 0.25) is 0 Å². The fourth-order valence-electron chi connectivity index (χ4n) is 3.43. The number of likely N-dealkylation sites (tertiary alicyclic amines) is 1. The first-order valence-electron chi connectivity index (χ1n) is 6.89. The van der Waals surface area contributed by atoms with E-state index in [4.69, 9.17) is 5.73 Å². The van der Waals surface area contributed by atoms with E-state index in [1.165, 1.54) is 0 Å². The second-order valence-corrected chi connectivity index (χ2v) is 5.87. The number of aliphatic hydroxyl groups is 1. The molecule has 0 radical (unpaired) electrons. The third kappa shape index (κ3) is 2.10. The van der Waals surface area contributed by atoms with Crippen LogP contribution in [0.15, 0.2) is 18.2 Å². The van der Waals surface area contributed by atoms with Crippen LogP contribution in [0, 0.1) is 18.8 Å². The number of amides is 1. The van der Waals surface area contributed by atoms with Crippen molar-refractivity contribution in [1.82, 2.24) is 4.90 Å². The Morgan fingerprint density at radius 2 is 2.16 bits per heavy atom. The molecular formula is C15H20N2O2. The van der Waals surface area contributed by atoms with Gasteiger partial charge in [0.15, 0.2) is 0 Å². The molecule has 0 bridgehead atoms. The van der Waals surface area contributed by atoms with E-state index in [0.717, 1.165) is 24.9 Å². The maximum atomic E-state index is 12.5. The van der Waals surface area contributed by atoms with E-state index in [-0.39, 0.29) is 17.9 Å². The lowest BCUT2D eigenvalue weighted by atomic mass is 10.00. The van der Waals surface area contributed by atoms with E-state index < -0.39 is 0 Å². The van der Waals surface area contributed by atoms with Crippen molar-refractivity contribution in [3.63, 3.8) is 0 Å². The fraction of sp³-hybridized carbons (Fsp3) is 0.533. The van der Waals surface area contributed by atoms with E-state index in [9.17, 15) is 9.90 Å². The molecule has 3 unspecified atom stereocenters. The number of aryl methyl sites for hydroxylation is 1. The Morgan fingerprint density at radius 1 is 1.37 bits per heavy atom. The van der Waals surface area contributed by atoms with Crippen LogP contribution in [0.5, 0.6) is 0 Å². The van der Waals surface area contributed by atoms with Gasteiger partial charge in [-0.1, -0.05) is 11.6 Å². The summed E-state index contributed by atoms with van der Waals surface area (Å²) in [6, 6.07) is 5.55. The quantitative estimate of drug-likeness (QED) is 0.750. The summed E-state index contributed by atoms with van der Waals surface area (Å²) in [7, 11) is 0. The molecule has 1 heterocycles. The molecule has 2 fully saturated rings. The summed E-state index contributed by atoms with van der Waals surface area (Å²) in [5.74, 6) is 0.725. The van der Waals surface area contributed by atoms with Crippen molar-refractivity contribution in [1.29, 1.82) is 0 Å². The maximum absolute atomic E-state index is 12.5. The number of nitrogen functional groups attached to an aromatic ring is 1. The highest BCUT2D eigenvalue weighted by Crippen LogP contribution is 2.38. The number of nitrogens with two attached hydrogens (primary N) is 1. The summed E-state index contributed by atoms with van der Waals surface area (Å²) < 4.78 is 0. The lowest BCUT2D eigenvalue weighted by molar-refractivity contribution is 0.0753. The largest absolute Gasteiger partial charge is 0.398 e. The zero-order valence-electron chi connectivity index (χ0n) is 11.2. The number of carbonyl (C=O) groups excluding carboxylic acids is 1.